The largest absolute Gasteiger partial charge is 0.481 e. The molecule has 1 atom stereocenters. The van der Waals surface area contributed by atoms with Crippen LogP contribution in [0.2, 0.25) is 0 Å². The number of hydrogen-bond acceptors (Lipinski definition) is 3. The van der Waals surface area contributed by atoms with Crippen molar-refractivity contribution in [1.29, 1.82) is 0 Å². The first-order chi connectivity index (χ1) is 3.72. The number of nitrogens with two attached hydrogens (primary N) is 1. The fourth-order valence-electron chi connectivity index (χ4n) is 0.253. The van der Waals surface area contributed by atoms with E-state index in [1.165, 1.54) is 0 Å². The monoisotopic (exact) mass is 119 g/mol. The van der Waals surface area contributed by atoms with Crippen LogP contribution in [0.3, 0.4) is 0 Å². The standard InChI is InChI=1S/C4H9NO3/c5-1-3(2-6)4(7)8/h3,6H,1-2,5H2,(H,7,8). The Hall–Kier alpha value is -0.610. The van der Waals surface area contributed by atoms with E-state index in [0.717, 1.165) is 0 Å². The van der Waals surface area contributed by atoms with Gasteiger partial charge in [-0.1, -0.05) is 0 Å². The first-order valence-corrected chi connectivity index (χ1v) is 2.26. The van der Waals surface area contributed by atoms with Gasteiger partial charge in [-0.3, -0.25) is 4.79 Å². The van der Waals surface area contributed by atoms with Crippen molar-refractivity contribution in [2.75, 3.05) is 13.2 Å². The van der Waals surface area contributed by atoms with Crippen LogP contribution in [0, 0.1) is 5.92 Å². The zero-order valence-electron chi connectivity index (χ0n) is 4.37. The molecule has 8 heavy (non-hydrogen) atoms. The Bertz CT molecular complexity index is 79.4. The van der Waals surface area contributed by atoms with E-state index in [0.29, 0.717) is 0 Å². The predicted octanol–water partition coefficient (Wildman–Crippen LogP) is -1.36. The second kappa shape index (κ2) is 3.40. The third-order valence-electron chi connectivity index (χ3n) is 0.854. The van der Waals surface area contributed by atoms with Gasteiger partial charge in [-0.25, -0.2) is 0 Å². The highest BCUT2D eigenvalue weighted by atomic mass is 16.4. The van der Waals surface area contributed by atoms with Crippen LogP contribution >= 0.6 is 0 Å². The zero-order valence-corrected chi connectivity index (χ0v) is 4.37. The topological polar surface area (TPSA) is 83.5 Å². The minimum Gasteiger partial charge on any atom is -0.481 e. The van der Waals surface area contributed by atoms with Crippen LogP contribution in [-0.2, 0) is 4.79 Å². The van der Waals surface area contributed by atoms with Crippen LogP contribution in [0.25, 0.3) is 0 Å². The van der Waals surface area contributed by atoms with Crippen LogP contribution in [0.1, 0.15) is 0 Å². The lowest BCUT2D eigenvalue weighted by Crippen LogP contribution is -2.26. The summed E-state index contributed by atoms with van der Waals surface area (Å²) in [7, 11) is 0. The van der Waals surface area contributed by atoms with Gasteiger partial charge in [0, 0.05) is 6.54 Å². The number of rotatable bonds is 3. The number of aliphatic carboxylic acids is 1. The van der Waals surface area contributed by atoms with Crippen LogP contribution in [-0.4, -0.2) is 29.3 Å². The highest BCUT2D eigenvalue weighted by Gasteiger charge is 2.12. The van der Waals surface area contributed by atoms with Crippen molar-refractivity contribution in [3.8, 4) is 0 Å². The number of aliphatic hydroxyl groups excluding tert-OH is 1. The molecule has 0 saturated carbocycles. The van der Waals surface area contributed by atoms with Crippen molar-refractivity contribution in [2.45, 2.75) is 0 Å². The lowest BCUT2D eigenvalue weighted by Gasteiger charge is -2.01. The van der Waals surface area contributed by atoms with E-state index in [2.05, 4.69) is 0 Å². The van der Waals surface area contributed by atoms with Crippen LogP contribution in [0.4, 0.5) is 0 Å². The minimum atomic E-state index is -1.05. The fourth-order valence-corrected chi connectivity index (χ4v) is 0.253. The van der Waals surface area contributed by atoms with Gasteiger partial charge >= 0.3 is 5.97 Å². The fraction of sp³-hybridized carbons (Fsp3) is 0.750. The average molecular weight is 119 g/mol. The Morgan fingerprint density at radius 1 is 1.75 bits per heavy atom. The summed E-state index contributed by atoms with van der Waals surface area (Å²) in [4.78, 5) is 9.92. The summed E-state index contributed by atoms with van der Waals surface area (Å²) in [5.74, 6) is -1.84. The summed E-state index contributed by atoms with van der Waals surface area (Å²) in [5, 5.41) is 16.4. The van der Waals surface area contributed by atoms with E-state index in [1.54, 1.807) is 0 Å². The summed E-state index contributed by atoms with van der Waals surface area (Å²) >= 11 is 0. The van der Waals surface area contributed by atoms with E-state index in [-0.39, 0.29) is 13.2 Å². The molecular weight excluding hydrogens is 110 g/mol. The van der Waals surface area contributed by atoms with Crippen molar-refractivity contribution in [3.63, 3.8) is 0 Å². The average Bonchev–Trinajstić information content (AvgIpc) is 1.69. The Labute approximate surface area is 46.9 Å². The van der Waals surface area contributed by atoms with E-state index in [4.69, 9.17) is 15.9 Å². The normalized spacial score (nSPS) is 13.2. The van der Waals surface area contributed by atoms with Gasteiger partial charge in [0.15, 0.2) is 0 Å². The molecule has 0 heterocycles. The maximum absolute atomic E-state index is 9.92. The molecule has 0 aromatic heterocycles. The third kappa shape index (κ3) is 1.90. The van der Waals surface area contributed by atoms with Gasteiger partial charge in [0.25, 0.3) is 0 Å². The summed E-state index contributed by atoms with van der Waals surface area (Å²) in [5.41, 5.74) is 4.94. The van der Waals surface area contributed by atoms with Crippen molar-refractivity contribution in [2.24, 2.45) is 11.7 Å². The zero-order chi connectivity index (χ0) is 6.57. The van der Waals surface area contributed by atoms with Gasteiger partial charge in [0.1, 0.15) is 0 Å². The van der Waals surface area contributed by atoms with Gasteiger partial charge in [-0.05, 0) is 0 Å². The molecule has 0 spiro atoms. The number of aliphatic hydroxyl groups is 1. The lowest BCUT2D eigenvalue weighted by molar-refractivity contribution is -0.142. The second-order valence-electron chi connectivity index (χ2n) is 1.45. The molecule has 0 aromatic rings. The maximum atomic E-state index is 9.92. The van der Waals surface area contributed by atoms with Gasteiger partial charge in [-0.2, -0.15) is 0 Å². The molecule has 4 nitrogen and oxygen atoms in total. The number of carboxylic acids is 1. The van der Waals surface area contributed by atoms with Crippen LogP contribution in [0.15, 0.2) is 0 Å². The highest BCUT2D eigenvalue weighted by molar-refractivity contribution is 5.70. The summed E-state index contributed by atoms with van der Waals surface area (Å²) in [6.45, 7) is -0.391. The van der Waals surface area contributed by atoms with E-state index in [9.17, 15) is 4.79 Å². The predicted molar refractivity (Wildman–Crippen MR) is 27.3 cm³/mol. The molecule has 0 aromatic carbocycles. The Balaban J connectivity index is 3.52. The van der Waals surface area contributed by atoms with Gasteiger partial charge in [0.2, 0.25) is 0 Å². The van der Waals surface area contributed by atoms with Gasteiger partial charge in [-0.15, -0.1) is 0 Å². The molecule has 0 aliphatic carbocycles. The molecule has 0 amide bonds. The van der Waals surface area contributed by atoms with Gasteiger partial charge < -0.3 is 15.9 Å². The second-order valence-corrected chi connectivity index (χ2v) is 1.45. The van der Waals surface area contributed by atoms with Crippen molar-refractivity contribution >= 4 is 5.97 Å². The number of carbonyl (C=O) groups is 1. The molecule has 0 fully saturated rings. The van der Waals surface area contributed by atoms with Crippen molar-refractivity contribution in [3.05, 3.63) is 0 Å². The SMILES string of the molecule is NCC(CO)C(=O)O. The highest BCUT2D eigenvalue weighted by Crippen LogP contribution is 1.88. The molecule has 4 heteroatoms. The number of carboxylic acid groups (broad SMARTS) is 1. The minimum absolute atomic E-state index is 0.00810. The van der Waals surface area contributed by atoms with E-state index < -0.39 is 11.9 Å². The van der Waals surface area contributed by atoms with E-state index in [1.807, 2.05) is 0 Å². The molecule has 1 unspecified atom stereocenters. The summed E-state index contributed by atoms with van der Waals surface area (Å²) in [6, 6.07) is 0. The molecule has 0 rings (SSSR count). The lowest BCUT2D eigenvalue weighted by atomic mass is 10.2. The molecule has 0 saturated heterocycles. The molecular formula is C4H9NO3. The molecule has 48 valence electrons. The Morgan fingerprint density at radius 3 is 2.25 bits per heavy atom. The number of hydrogen-bond donors (Lipinski definition) is 3. The first kappa shape index (κ1) is 7.39. The quantitative estimate of drug-likeness (QED) is 0.428. The molecule has 0 radical (unpaired) electrons. The van der Waals surface area contributed by atoms with Crippen LogP contribution < -0.4 is 5.73 Å². The molecule has 4 N–H and O–H groups in total. The van der Waals surface area contributed by atoms with Crippen molar-refractivity contribution < 1.29 is 15.0 Å². The Morgan fingerprint density at radius 2 is 2.25 bits per heavy atom. The molecule has 0 bridgehead atoms. The van der Waals surface area contributed by atoms with Crippen LogP contribution in [0.5, 0.6) is 0 Å². The third-order valence-corrected chi connectivity index (χ3v) is 0.854. The van der Waals surface area contributed by atoms with E-state index >= 15 is 0 Å². The first-order valence-electron chi connectivity index (χ1n) is 2.26. The molecule has 0 aliphatic heterocycles. The molecule has 0 aliphatic rings. The smallest absolute Gasteiger partial charge is 0.310 e. The summed E-state index contributed by atoms with van der Waals surface area (Å²) in [6.07, 6.45) is 0. The van der Waals surface area contributed by atoms with Crippen molar-refractivity contribution in [1.82, 2.24) is 0 Å². The van der Waals surface area contributed by atoms with Gasteiger partial charge in [0.05, 0.1) is 12.5 Å². The summed E-state index contributed by atoms with van der Waals surface area (Å²) < 4.78 is 0. The maximum Gasteiger partial charge on any atom is 0.310 e. The Kier molecular flexibility index (Phi) is 3.14.